The Hall–Kier alpha value is -8.16. The molecule has 0 aliphatic carbocycles. The molecule has 0 saturated heterocycles. The van der Waals surface area contributed by atoms with Crippen LogP contribution in [0.25, 0.3) is 112 Å². The molecule has 7 heteroatoms. The van der Waals surface area contributed by atoms with Gasteiger partial charge in [0.05, 0.1) is 5.39 Å². The molecular weight excluding hydrogens is 725 g/mol. The summed E-state index contributed by atoms with van der Waals surface area (Å²) < 4.78 is 6.43. The van der Waals surface area contributed by atoms with Crippen molar-refractivity contribution >= 4 is 33.0 Å². The highest BCUT2D eigenvalue weighted by atomic mass is 16.3. The Kier molecular flexibility index (Phi) is 8.33. The molecule has 0 aliphatic rings. The van der Waals surface area contributed by atoms with Crippen LogP contribution in [-0.2, 0) is 0 Å². The van der Waals surface area contributed by atoms with Crippen molar-refractivity contribution in [1.29, 1.82) is 0 Å². The first-order chi connectivity index (χ1) is 29.2. The summed E-state index contributed by atoms with van der Waals surface area (Å²) in [6, 6.07) is 63.8. The van der Waals surface area contributed by atoms with Crippen LogP contribution in [0.1, 0.15) is 0 Å². The van der Waals surface area contributed by atoms with E-state index in [4.69, 9.17) is 34.3 Å². The Bertz CT molecular complexity index is 3300. The van der Waals surface area contributed by atoms with Gasteiger partial charge in [0.1, 0.15) is 11.2 Å². The molecule has 0 spiro atoms. The first-order valence-corrected chi connectivity index (χ1v) is 19.4. The number of rotatable bonds is 7. The first kappa shape index (κ1) is 34.1. The highest BCUT2D eigenvalue weighted by Crippen LogP contribution is 2.37. The minimum absolute atomic E-state index is 0.505. The Morgan fingerprint density at radius 3 is 1.41 bits per heavy atom. The lowest BCUT2D eigenvalue weighted by atomic mass is 10.0. The lowest BCUT2D eigenvalue weighted by Gasteiger charge is -2.10. The highest BCUT2D eigenvalue weighted by molar-refractivity contribution is 6.07. The van der Waals surface area contributed by atoms with E-state index in [2.05, 4.69) is 84.9 Å². The summed E-state index contributed by atoms with van der Waals surface area (Å²) in [7, 11) is 0. The third-order valence-electron chi connectivity index (χ3n) is 10.6. The van der Waals surface area contributed by atoms with E-state index in [-0.39, 0.29) is 0 Å². The Morgan fingerprint density at radius 1 is 0.322 bits per heavy atom. The van der Waals surface area contributed by atoms with E-state index >= 15 is 0 Å². The van der Waals surface area contributed by atoms with Crippen LogP contribution in [0.4, 0.5) is 0 Å². The Morgan fingerprint density at radius 2 is 0.780 bits per heavy atom. The van der Waals surface area contributed by atoms with Crippen LogP contribution in [0.2, 0.25) is 0 Å². The van der Waals surface area contributed by atoms with E-state index in [1.54, 1.807) is 0 Å². The summed E-state index contributed by atoms with van der Waals surface area (Å²) in [5, 5.41) is 3.10. The van der Waals surface area contributed by atoms with Gasteiger partial charge in [-0.3, -0.25) is 0 Å². The summed E-state index contributed by atoms with van der Waals surface area (Å²) in [5.74, 6) is 2.44. The molecule has 11 rings (SSSR count). The fourth-order valence-corrected chi connectivity index (χ4v) is 7.54. The molecule has 0 atom stereocenters. The molecule has 11 aromatic rings. The number of aromatic nitrogens is 6. The van der Waals surface area contributed by atoms with Gasteiger partial charge in [-0.25, -0.2) is 29.9 Å². The van der Waals surface area contributed by atoms with Gasteiger partial charge in [-0.05, 0) is 39.6 Å². The van der Waals surface area contributed by atoms with E-state index in [0.29, 0.717) is 40.1 Å². The van der Waals surface area contributed by atoms with E-state index < -0.39 is 0 Å². The van der Waals surface area contributed by atoms with E-state index in [1.165, 1.54) is 0 Å². The molecule has 0 bridgehead atoms. The normalized spacial score (nSPS) is 11.4. The molecule has 0 saturated carbocycles. The third-order valence-corrected chi connectivity index (χ3v) is 10.6. The van der Waals surface area contributed by atoms with Gasteiger partial charge in [0.25, 0.3) is 0 Å². The van der Waals surface area contributed by atoms with Gasteiger partial charge in [0, 0.05) is 39.6 Å². The summed E-state index contributed by atoms with van der Waals surface area (Å²) in [6.07, 6.45) is 1.84. The average molecular weight is 757 g/mol. The van der Waals surface area contributed by atoms with Crippen molar-refractivity contribution in [1.82, 2.24) is 29.9 Å². The lowest BCUT2D eigenvalue weighted by Crippen LogP contribution is -2.00. The number of pyridine rings is 1. The zero-order chi connectivity index (χ0) is 39.1. The smallest absolute Gasteiger partial charge is 0.229 e. The molecule has 0 unspecified atom stereocenters. The van der Waals surface area contributed by atoms with Gasteiger partial charge in [-0.1, -0.05) is 176 Å². The number of benzene rings is 7. The zero-order valence-corrected chi connectivity index (χ0v) is 31.6. The standard InChI is InChI=1S/C52H32N6O/c1-4-12-33(13-5-1)35-20-25-39(26-21-35)49-56-48(38-17-8-3-9-18-38)57-50(58-49)40-27-22-36(23-28-40)43-31-44-46-47(59-52(44)53-32-43)45(37-15-6-2-7-16-37)54-51(55-46)42-29-24-34-14-10-11-19-41(34)30-42/h1-32H. The SMILES string of the molecule is c1ccc(-c2ccc(-c3nc(-c4ccccc4)nc(-c4ccc(-c5cnc6oc7c(-c8ccccc8)nc(-c8ccc9ccccc9c8)nc7c6c5)cc4)n3)cc2)cc1. The van der Waals surface area contributed by atoms with Crippen LogP contribution < -0.4 is 0 Å². The fraction of sp³-hybridized carbons (Fsp3) is 0. The maximum atomic E-state index is 6.43. The van der Waals surface area contributed by atoms with Crippen molar-refractivity contribution in [2.75, 3.05) is 0 Å². The average Bonchev–Trinajstić information content (AvgIpc) is 3.70. The quantitative estimate of drug-likeness (QED) is 0.160. The number of hydrogen-bond acceptors (Lipinski definition) is 7. The predicted octanol–water partition coefficient (Wildman–Crippen LogP) is 12.8. The number of nitrogens with zero attached hydrogens (tertiary/aromatic N) is 6. The molecule has 0 radical (unpaired) electrons. The summed E-state index contributed by atoms with van der Waals surface area (Å²) in [5.41, 5.74) is 11.3. The van der Waals surface area contributed by atoms with Crippen LogP contribution in [-0.4, -0.2) is 29.9 Å². The first-order valence-electron chi connectivity index (χ1n) is 19.4. The van der Waals surface area contributed by atoms with Gasteiger partial charge in [0.2, 0.25) is 5.71 Å². The monoisotopic (exact) mass is 756 g/mol. The van der Waals surface area contributed by atoms with Crippen molar-refractivity contribution in [3.05, 3.63) is 194 Å². The van der Waals surface area contributed by atoms with Gasteiger partial charge < -0.3 is 4.42 Å². The highest BCUT2D eigenvalue weighted by Gasteiger charge is 2.20. The predicted molar refractivity (Wildman–Crippen MR) is 236 cm³/mol. The topological polar surface area (TPSA) is 90.5 Å². The second kappa shape index (κ2) is 14.4. The third kappa shape index (κ3) is 6.46. The summed E-state index contributed by atoms with van der Waals surface area (Å²) >= 11 is 0. The minimum Gasteiger partial charge on any atom is -0.434 e. The summed E-state index contributed by atoms with van der Waals surface area (Å²) in [6.45, 7) is 0. The molecular formula is C52H32N6O. The number of fused-ring (bicyclic) bond motifs is 4. The molecule has 0 aliphatic heterocycles. The summed E-state index contributed by atoms with van der Waals surface area (Å²) in [4.78, 5) is 29.9. The Balaban J connectivity index is 0.983. The van der Waals surface area contributed by atoms with Gasteiger partial charge >= 0.3 is 0 Å². The minimum atomic E-state index is 0.505. The molecule has 4 aromatic heterocycles. The van der Waals surface area contributed by atoms with Crippen LogP contribution in [0.15, 0.2) is 199 Å². The number of furan rings is 1. The molecule has 276 valence electrons. The van der Waals surface area contributed by atoms with Crippen LogP contribution >= 0.6 is 0 Å². The molecule has 7 aromatic carbocycles. The van der Waals surface area contributed by atoms with Gasteiger partial charge in [0.15, 0.2) is 28.9 Å². The van der Waals surface area contributed by atoms with Crippen molar-refractivity contribution in [3.8, 4) is 79.1 Å². The molecule has 0 N–H and O–H groups in total. The van der Waals surface area contributed by atoms with Gasteiger partial charge in [-0.2, -0.15) is 0 Å². The van der Waals surface area contributed by atoms with Crippen LogP contribution in [0.3, 0.4) is 0 Å². The molecule has 0 amide bonds. The van der Waals surface area contributed by atoms with Crippen LogP contribution in [0, 0.1) is 0 Å². The van der Waals surface area contributed by atoms with E-state index in [1.807, 2.05) is 109 Å². The van der Waals surface area contributed by atoms with E-state index in [0.717, 1.165) is 71.9 Å². The second-order valence-electron chi connectivity index (χ2n) is 14.4. The molecule has 59 heavy (non-hydrogen) atoms. The molecule has 4 heterocycles. The maximum absolute atomic E-state index is 6.43. The Labute approximate surface area is 339 Å². The van der Waals surface area contributed by atoms with Crippen molar-refractivity contribution in [3.63, 3.8) is 0 Å². The number of hydrogen-bond donors (Lipinski definition) is 0. The molecule has 7 nitrogen and oxygen atoms in total. The maximum Gasteiger partial charge on any atom is 0.229 e. The fourth-order valence-electron chi connectivity index (χ4n) is 7.54. The van der Waals surface area contributed by atoms with Crippen LogP contribution in [0.5, 0.6) is 0 Å². The van der Waals surface area contributed by atoms with E-state index in [9.17, 15) is 0 Å². The zero-order valence-electron chi connectivity index (χ0n) is 31.6. The van der Waals surface area contributed by atoms with Crippen molar-refractivity contribution in [2.45, 2.75) is 0 Å². The second-order valence-corrected chi connectivity index (χ2v) is 14.4. The molecule has 0 fully saturated rings. The van der Waals surface area contributed by atoms with Gasteiger partial charge in [-0.15, -0.1) is 0 Å². The largest absolute Gasteiger partial charge is 0.434 e. The van der Waals surface area contributed by atoms with Crippen molar-refractivity contribution < 1.29 is 4.42 Å². The van der Waals surface area contributed by atoms with Crippen molar-refractivity contribution in [2.24, 2.45) is 0 Å². The lowest BCUT2D eigenvalue weighted by molar-refractivity contribution is 0.653.